The molecule has 0 aliphatic carbocycles. The first-order chi connectivity index (χ1) is 15.4. The molecule has 1 N–H and O–H groups in total. The Kier molecular flexibility index (Phi) is 6.85. The highest BCUT2D eigenvalue weighted by Gasteiger charge is 2.22. The quantitative estimate of drug-likeness (QED) is 0.321. The van der Waals surface area contributed by atoms with Crippen LogP contribution in [0.15, 0.2) is 45.5 Å². The largest absolute Gasteiger partial charge is 0.420 e. The first-order valence-electron chi connectivity index (χ1n) is 9.17. The number of hydrogen-bond donors (Lipinski definition) is 1. The number of hydrogen-bond acceptors (Lipinski definition) is 7. The van der Waals surface area contributed by atoms with E-state index in [2.05, 4.69) is 41.5 Å². The van der Waals surface area contributed by atoms with Crippen molar-refractivity contribution < 1.29 is 9.21 Å². The van der Waals surface area contributed by atoms with Gasteiger partial charge in [-0.05, 0) is 58.9 Å². The fraction of sp³-hybridized carbons (Fsp3) is 0.150. The van der Waals surface area contributed by atoms with Crippen LogP contribution >= 0.6 is 50.9 Å². The third-order valence-electron chi connectivity index (χ3n) is 4.36. The molecule has 0 fully saturated rings. The molecule has 0 aliphatic heterocycles. The average Bonchev–Trinajstić information content (AvgIpc) is 3.37. The summed E-state index contributed by atoms with van der Waals surface area (Å²) in [7, 11) is 0. The molecule has 1 amide bonds. The van der Waals surface area contributed by atoms with Gasteiger partial charge in [0, 0.05) is 17.3 Å². The molecule has 0 saturated carbocycles. The first-order valence-corrected chi connectivity index (χ1v) is 12.1. The minimum Gasteiger partial charge on any atom is -0.420 e. The molecule has 4 rings (SSSR count). The van der Waals surface area contributed by atoms with Crippen LogP contribution in [0, 0.1) is 6.92 Å². The molecule has 0 unspecified atom stereocenters. The van der Waals surface area contributed by atoms with Crippen LogP contribution in [0.2, 0.25) is 10.0 Å². The highest BCUT2D eigenvalue weighted by Crippen LogP contribution is 2.34. The number of thioether (sulfide) groups is 1. The Morgan fingerprint density at radius 3 is 2.84 bits per heavy atom. The van der Waals surface area contributed by atoms with E-state index in [1.54, 1.807) is 48.3 Å². The van der Waals surface area contributed by atoms with Crippen molar-refractivity contribution >= 4 is 62.5 Å². The second kappa shape index (κ2) is 9.62. The Balaban J connectivity index is 1.74. The summed E-state index contributed by atoms with van der Waals surface area (Å²) in [5.74, 6) is 1.22. The number of aryl methyl sites for hydroxylation is 1. The standard InChI is InChI=1S/C20H15BrCl2N6O2S/c1-10-6-11(22)7-12(20-27-26-16(31-20)9-32-2)17(10)25-19(30)14-8-15(21)28-29(14)18-13(23)4-3-5-24-18/h3-8H,9H2,1-2H3,(H,25,30). The van der Waals surface area contributed by atoms with Gasteiger partial charge in [0.15, 0.2) is 5.82 Å². The van der Waals surface area contributed by atoms with Crippen LogP contribution in [0.3, 0.4) is 0 Å². The minimum absolute atomic E-state index is 0.228. The van der Waals surface area contributed by atoms with Crippen molar-refractivity contribution in [2.24, 2.45) is 0 Å². The van der Waals surface area contributed by atoms with Crippen LogP contribution in [0.5, 0.6) is 0 Å². The molecule has 3 heterocycles. The molecule has 8 nitrogen and oxygen atoms in total. The molecule has 0 bridgehead atoms. The van der Waals surface area contributed by atoms with Gasteiger partial charge in [0.05, 0.1) is 22.0 Å². The van der Waals surface area contributed by atoms with Crippen molar-refractivity contribution in [1.29, 1.82) is 0 Å². The van der Waals surface area contributed by atoms with E-state index in [0.29, 0.717) is 43.4 Å². The van der Waals surface area contributed by atoms with Gasteiger partial charge in [0.25, 0.3) is 5.91 Å². The summed E-state index contributed by atoms with van der Waals surface area (Å²) in [6.45, 7) is 1.83. The van der Waals surface area contributed by atoms with Gasteiger partial charge in [-0.1, -0.05) is 23.2 Å². The van der Waals surface area contributed by atoms with Gasteiger partial charge in [-0.2, -0.15) is 16.9 Å². The number of carbonyl (C=O) groups is 1. The number of anilines is 1. The van der Waals surface area contributed by atoms with Gasteiger partial charge in [-0.15, -0.1) is 10.2 Å². The molecule has 12 heteroatoms. The molecule has 0 saturated heterocycles. The van der Waals surface area contributed by atoms with Crippen LogP contribution in [0.1, 0.15) is 21.9 Å². The Bertz CT molecular complexity index is 1310. The lowest BCUT2D eigenvalue weighted by molar-refractivity contribution is 0.101. The van der Waals surface area contributed by atoms with Crippen LogP contribution in [-0.2, 0) is 5.75 Å². The van der Waals surface area contributed by atoms with Crippen molar-refractivity contribution in [3.63, 3.8) is 0 Å². The predicted octanol–water partition coefficient (Wildman–Crippen LogP) is 5.81. The fourth-order valence-corrected chi connectivity index (χ4v) is 4.22. The zero-order valence-electron chi connectivity index (χ0n) is 16.8. The number of benzene rings is 1. The number of halogens is 3. The smallest absolute Gasteiger partial charge is 0.274 e. The SMILES string of the molecule is CSCc1nnc(-c2cc(Cl)cc(C)c2NC(=O)c2cc(Br)nn2-c2ncccc2Cl)o1. The van der Waals surface area contributed by atoms with Gasteiger partial charge in [0.2, 0.25) is 11.8 Å². The fourth-order valence-electron chi connectivity index (χ4n) is 3.01. The molecule has 0 aliphatic rings. The van der Waals surface area contributed by atoms with E-state index in [1.165, 1.54) is 4.68 Å². The highest BCUT2D eigenvalue weighted by molar-refractivity contribution is 9.10. The van der Waals surface area contributed by atoms with Crippen molar-refractivity contribution in [1.82, 2.24) is 25.0 Å². The molecule has 0 radical (unpaired) electrons. The number of rotatable bonds is 6. The summed E-state index contributed by atoms with van der Waals surface area (Å²) in [4.78, 5) is 17.5. The summed E-state index contributed by atoms with van der Waals surface area (Å²) in [6, 6.07) is 8.36. The summed E-state index contributed by atoms with van der Waals surface area (Å²) in [5, 5.41) is 16.2. The van der Waals surface area contributed by atoms with Crippen LogP contribution in [0.25, 0.3) is 17.3 Å². The van der Waals surface area contributed by atoms with Gasteiger partial charge in [0.1, 0.15) is 10.3 Å². The van der Waals surface area contributed by atoms with Gasteiger partial charge < -0.3 is 9.73 Å². The van der Waals surface area contributed by atoms with E-state index < -0.39 is 5.91 Å². The zero-order chi connectivity index (χ0) is 22.8. The summed E-state index contributed by atoms with van der Waals surface area (Å²) in [5.41, 5.74) is 1.97. The van der Waals surface area contributed by atoms with Crippen molar-refractivity contribution in [3.8, 4) is 17.3 Å². The van der Waals surface area contributed by atoms with Gasteiger partial charge in [-0.3, -0.25) is 4.79 Å². The molecule has 3 aromatic heterocycles. The summed E-state index contributed by atoms with van der Waals surface area (Å²) in [6.07, 6.45) is 3.51. The normalized spacial score (nSPS) is 11.0. The Labute approximate surface area is 205 Å². The number of carbonyl (C=O) groups excluding carboxylic acids is 1. The van der Waals surface area contributed by atoms with Crippen LogP contribution in [0.4, 0.5) is 5.69 Å². The molecule has 32 heavy (non-hydrogen) atoms. The Morgan fingerprint density at radius 1 is 1.28 bits per heavy atom. The molecular formula is C20H15BrCl2N6O2S. The maximum atomic E-state index is 13.3. The van der Waals surface area contributed by atoms with Crippen molar-refractivity contribution in [2.75, 3.05) is 11.6 Å². The van der Waals surface area contributed by atoms with E-state index >= 15 is 0 Å². The Morgan fingerprint density at radius 2 is 2.09 bits per heavy atom. The maximum absolute atomic E-state index is 13.3. The monoisotopic (exact) mass is 552 g/mol. The van der Waals surface area contributed by atoms with Crippen LogP contribution in [-0.4, -0.2) is 37.1 Å². The lowest BCUT2D eigenvalue weighted by Gasteiger charge is -2.13. The molecule has 4 aromatic rings. The number of nitrogens with one attached hydrogen (secondary N) is 1. The molecule has 0 atom stereocenters. The average molecular weight is 554 g/mol. The second-order valence-electron chi connectivity index (χ2n) is 6.61. The third-order valence-corrected chi connectivity index (χ3v) is 5.79. The van der Waals surface area contributed by atoms with Crippen LogP contribution < -0.4 is 5.32 Å². The van der Waals surface area contributed by atoms with E-state index in [-0.39, 0.29) is 11.6 Å². The van der Waals surface area contributed by atoms with Crippen molar-refractivity contribution in [3.05, 3.63) is 68.3 Å². The number of aromatic nitrogens is 5. The van der Waals surface area contributed by atoms with Gasteiger partial charge in [-0.25, -0.2) is 9.67 Å². The molecular weight excluding hydrogens is 539 g/mol. The topological polar surface area (TPSA) is 98.7 Å². The molecule has 164 valence electrons. The summed E-state index contributed by atoms with van der Waals surface area (Å²) < 4.78 is 7.58. The minimum atomic E-state index is -0.430. The lowest BCUT2D eigenvalue weighted by atomic mass is 10.1. The van der Waals surface area contributed by atoms with Crippen molar-refractivity contribution in [2.45, 2.75) is 12.7 Å². The second-order valence-corrected chi connectivity index (χ2v) is 9.13. The third kappa shape index (κ3) is 4.68. The molecule has 0 spiro atoms. The molecule has 1 aromatic carbocycles. The number of nitrogens with zero attached hydrogens (tertiary/aromatic N) is 5. The first kappa shape index (κ1) is 22.8. The maximum Gasteiger partial charge on any atom is 0.274 e. The number of pyridine rings is 1. The van der Waals surface area contributed by atoms with E-state index in [0.717, 1.165) is 5.56 Å². The van der Waals surface area contributed by atoms with E-state index in [1.807, 2.05) is 13.2 Å². The van der Waals surface area contributed by atoms with E-state index in [4.69, 9.17) is 27.6 Å². The lowest BCUT2D eigenvalue weighted by Crippen LogP contribution is -2.18. The van der Waals surface area contributed by atoms with Gasteiger partial charge >= 0.3 is 0 Å². The Hall–Kier alpha value is -2.40. The highest BCUT2D eigenvalue weighted by atomic mass is 79.9. The summed E-state index contributed by atoms with van der Waals surface area (Å²) >= 11 is 17.4. The predicted molar refractivity (Wildman–Crippen MR) is 129 cm³/mol. The number of amides is 1. The zero-order valence-corrected chi connectivity index (χ0v) is 20.7. The van der Waals surface area contributed by atoms with E-state index in [9.17, 15) is 4.79 Å².